The quantitative estimate of drug-likeness (QED) is 0.383. The van der Waals surface area contributed by atoms with Gasteiger partial charge in [0.1, 0.15) is 12.1 Å². The van der Waals surface area contributed by atoms with E-state index in [0.717, 1.165) is 28.7 Å². The van der Waals surface area contributed by atoms with Crippen molar-refractivity contribution in [3.63, 3.8) is 0 Å². The lowest BCUT2D eigenvalue weighted by molar-refractivity contribution is -0.297. The molecule has 4 saturated heterocycles. The van der Waals surface area contributed by atoms with Gasteiger partial charge in [-0.3, -0.25) is 24.0 Å². The third-order valence-corrected chi connectivity index (χ3v) is 11.4. The largest absolute Gasteiger partial charge is 0.361 e. The first-order valence-electron chi connectivity index (χ1n) is 16.3. The smallest absolute Gasteiger partial charge is 0.294 e. The van der Waals surface area contributed by atoms with Gasteiger partial charge in [-0.05, 0) is 62.4 Å². The molecule has 3 amide bonds. The second-order valence-corrected chi connectivity index (χ2v) is 15.5. The molecule has 1 aromatic heterocycles. The maximum Gasteiger partial charge on any atom is 0.294 e. The van der Waals surface area contributed by atoms with Gasteiger partial charge >= 0.3 is 0 Å². The lowest BCUT2D eigenvalue weighted by Crippen LogP contribution is -2.72. The summed E-state index contributed by atoms with van der Waals surface area (Å²) in [5, 5.41) is 4.10. The maximum absolute atomic E-state index is 14.6. The van der Waals surface area contributed by atoms with E-state index in [-0.39, 0.29) is 30.2 Å². The monoisotopic (exact) mass is 661 g/mol. The second-order valence-electron chi connectivity index (χ2n) is 13.9. The SMILES string of the molecule is CN1C[C@H](C(=O)N[C@]2(C)O[C@@]3(OS(C)(=O)=O)[C@@H]4CCCN4C(=O)[C@H](Cc4ccccc4)N3C2=O)CC2c3cccc4[nH]cc(c34)C[C@H]21. The van der Waals surface area contributed by atoms with Crippen LogP contribution in [-0.2, 0) is 46.3 Å². The van der Waals surface area contributed by atoms with Gasteiger partial charge in [-0.15, -0.1) is 0 Å². The van der Waals surface area contributed by atoms with Crippen LogP contribution < -0.4 is 5.32 Å². The molecule has 1 unspecified atom stereocenters. The molecular weight excluding hydrogens is 622 g/mol. The van der Waals surface area contributed by atoms with E-state index < -0.39 is 45.7 Å². The number of aromatic nitrogens is 1. The predicted molar refractivity (Wildman–Crippen MR) is 171 cm³/mol. The zero-order valence-electron chi connectivity index (χ0n) is 26.6. The molecule has 5 aliphatic rings. The number of carbonyl (C=O) groups is 3. The first kappa shape index (κ1) is 30.5. The van der Waals surface area contributed by atoms with Crippen LogP contribution in [0.3, 0.4) is 0 Å². The summed E-state index contributed by atoms with van der Waals surface area (Å²) in [6.07, 6.45) is 5.51. The number of benzene rings is 2. The Labute approximate surface area is 273 Å². The first-order chi connectivity index (χ1) is 22.4. The highest BCUT2D eigenvalue weighted by Crippen LogP contribution is 2.49. The normalized spacial score (nSPS) is 33.6. The van der Waals surface area contributed by atoms with Crippen molar-refractivity contribution in [2.45, 2.75) is 74.7 Å². The molecule has 0 bridgehead atoms. The van der Waals surface area contributed by atoms with E-state index in [2.05, 4.69) is 33.5 Å². The van der Waals surface area contributed by atoms with E-state index in [0.29, 0.717) is 32.4 Å². The number of aromatic amines is 1. The van der Waals surface area contributed by atoms with Crippen LogP contribution in [0.15, 0.2) is 54.7 Å². The number of hydrogen-bond acceptors (Lipinski definition) is 8. The van der Waals surface area contributed by atoms with Crippen molar-refractivity contribution in [3.05, 3.63) is 71.4 Å². The number of piperidine rings is 1. The zero-order chi connectivity index (χ0) is 32.9. The summed E-state index contributed by atoms with van der Waals surface area (Å²) in [5.41, 5.74) is 2.37. The molecule has 4 fully saturated rings. The zero-order valence-corrected chi connectivity index (χ0v) is 27.5. The Hall–Kier alpha value is -3.78. The van der Waals surface area contributed by atoms with Gasteiger partial charge in [-0.2, -0.15) is 8.42 Å². The Bertz CT molecular complexity index is 1900. The average molecular weight is 662 g/mol. The Morgan fingerprint density at radius 1 is 1.15 bits per heavy atom. The molecule has 3 aromatic rings. The molecule has 4 aliphatic heterocycles. The lowest BCUT2D eigenvalue weighted by Gasteiger charge is -2.50. The first-order valence-corrected chi connectivity index (χ1v) is 18.1. The van der Waals surface area contributed by atoms with Gasteiger partial charge in [0.25, 0.3) is 21.9 Å². The molecule has 0 radical (unpaired) electrons. The van der Waals surface area contributed by atoms with Gasteiger partial charge < -0.3 is 20.1 Å². The molecule has 2 aromatic carbocycles. The van der Waals surface area contributed by atoms with Crippen LogP contribution in [-0.4, -0.2) is 102 Å². The molecule has 2 N–H and O–H groups in total. The van der Waals surface area contributed by atoms with Crippen LogP contribution in [0.25, 0.3) is 10.9 Å². The number of ether oxygens (including phenoxy) is 1. The van der Waals surface area contributed by atoms with E-state index >= 15 is 0 Å². The van der Waals surface area contributed by atoms with Crippen molar-refractivity contribution in [1.82, 2.24) is 25.0 Å². The van der Waals surface area contributed by atoms with E-state index in [1.807, 2.05) is 43.4 Å². The Balaban J connectivity index is 1.13. The average Bonchev–Trinajstić information content (AvgIpc) is 3.73. The Kier molecular flexibility index (Phi) is 6.90. The molecule has 7 atom stereocenters. The van der Waals surface area contributed by atoms with E-state index in [4.69, 9.17) is 8.92 Å². The molecule has 1 aliphatic carbocycles. The number of nitrogens with one attached hydrogen (secondary N) is 2. The Morgan fingerprint density at radius 3 is 2.70 bits per heavy atom. The molecule has 47 heavy (non-hydrogen) atoms. The number of rotatable bonds is 6. The van der Waals surface area contributed by atoms with Gasteiger partial charge in [-0.1, -0.05) is 42.5 Å². The maximum atomic E-state index is 14.6. The highest BCUT2D eigenvalue weighted by atomic mass is 32.2. The van der Waals surface area contributed by atoms with Gasteiger partial charge in [0, 0.05) is 48.6 Å². The van der Waals surface area contributed by atoms with Crippen molar-refractivity contribution >= 4 is 38.7 Å². The Morgan fingerprint density at radius 2 is 1.94 bits per heavy atom. The molecular formula is C34H39N5O7S. The number of piperazine rings is 1. The minimum atomic E-state index is -4.20. The van der Waals surface area contributed by atoms with Crippen molar-refractivity contribution in [3.8, 4) is 0 Å². The van der Waals surface area contributed by atoms with Crippen molar-refractivity contribution in [2.75, 3.05) is 26.4 Å². The summed E-state index contributed by atoms with van der Waals surface area (Å²) in [5.74, 6) is -3.88. The molecule has 8 rings (SSSR count). The van der Waals surface area contributed by atoms with Crippen LogP contribution in [0.2, 0.25) is 0 Å². The van der Waals surface area contributed by atoms with Crippen molar-refractivity contribution in [2.24, 2.45) is 5.92 Å². The molecule has 13 heteroatoms. The van der Waals surface area contributed by atoms with Crippen molar-refractivity contribution < 1.29 is 31.7 Å². The third-order valence-electron chi connectivity index (χ3n) is 10.9. The summed E-state index contributed by atoms with van der Waals surface area (Å²) in [4.78, 5) is 51.1. The van der Waals surface area contributed by atoms with Gasteiger partial charge in [0.05, 0.1) is 12.2 Å². The fourth-order valence-electron chi connectivity index (χ4n) is 8.95. The third kappa shape index (κ3) is 4.73. The lowest BCUT2D eigenvalue weighted by atomic mass is 9.72. The molecule has 0 spiro atoms. The summed E-state index contributed by atoms with van der Waals surface area (Å²) in [6.45, 7) is 2.29. The highest BCUT2D eigenvalue weighted by Gasteiger charge is 2.72. The minimum absolute atomic E-state index is 0.107. The number of nitrogens with zero attached hydrogens (tertiary/aromatic N) is 3. The molecule has 12 nitrogen and oxygen atoms in total. The number of hydrogen-bond donors (Lipinski definition) is 2. The fraction of sp³-hybridized carbons (Fsp3) is 0.500. The minimum Gasteiger partial charge on any atom is -0.361 e. The van der Waals surface area contributed by atoms with E-state index in [1.165, 1.54) is 23.4 Å². The van der Waals surface area contributed by atoms with Crippen LogP contribution >= 0.6 is 0 Å². The number of likely N-dealkylation sites (N-methyl/N-ethyl adjacent to an activating group) is 1. The highest BCUT2D eigenvalue weighted by molar-refractivity contribution is 7.86. The molecule has 0 saturated carbocycles. The van der Waals surface area contributed by atoms with Crippen LogP contribution in [0, 0.1) is 5.92 Å². The summed E-state index contributed by atoms with van der Waals surface area (Å²) in [6, 6.07) is 13.7. The number of H-pyrrole nitrogens is 1. The molecule has 248 valence electrons. The van der Waals surface area contributed by atoms with E-state index in [1.54, 1.807) is 4.90 Å². The topological polar surface area (TPSA) is 141 Å². The number of fused-ring (bicyclic) bond motifs is 5. The second kappa shape index (κ2) is 10.6. The van der Waals surface area contributed by atoms with Gasteiger partial charge in [-0.25, -0.2) is 4.18 Å². The molecule has 5 heterocycles. The fourth-order valence-corrected chi connectivity index (χ4v) is 9.61. The van der Waals surface area contributed by atoms with Crippen LogP contribution in [0.5, 0.6) is 0 Å². The number of carbonyl (C=O) groups excluding carboxylic acids is 3. The number of likely N-dealkylation sites (tertiary alicyclic amines) is 1. The predicted octanol–water partition coefficient (Wildman–Crippen LogP) is 2.07. The summed E-state index contributed by atoms with van der Waals surface area (Å²) in [7, 11) is -2.17. The van der Waals surface area contributed by atoms with E-state index in [9.17, 15) is 22.8 Å². The standard InChI is InChI=1S/C34H39N5O7S/c1-33(36-30(40)22-16-24-23-11-7-12-25-29(23)21(18-35-25)17-26(24)37(2)19-22)32(42)39-27(15-20-9-5-4-6-10-20)31(41)38-14-8-13-28(38)34(39,45-33)46-47(3,43)44/h4-7,9-12,18,22,24,26-28,35H,8,13-17,19H2,1-3H3,(H,36,40)/t22-,24?,26-,27+,28+,33-,34-/m1/s1. The van der Waals surface area contributed by atoms with Crippen LogP contribution in [0.1, 0.15) is 48.8 Å². The van der Waals surface area contributed by atoms with Crippen molar-refractivity contribution in [1.29, 1.82) is 0 Å². The van der Waals surface area contributed by atoms with Crippen LogP contribution in [0.4, 0.5) is 0 Å². The number of amides is 3. The summed E-state index contributed by atoms with van der Waals surface area (Å²) >= 11 is 0. The van der Waals surface area contributed by atoms with Gasteiger partial charge in [0.2, 0.25) is 17.5 Å². The summed E-state index contributed by atoms with van der Waals surface area (Å²) < 4.78 is 37.9. The van der Waals surface area contributed by atoms with Gasteiger partial charge in [0.15, 0.2) is 0 Å².